The lowest BCUT2D eigenvalue weighted by atomic mass is 10.1. The van der Waals surface area contributed by atoms with E-state index in [0.717, 1.165) is 6.26 Å². The van der Waals surface area contributed by atoms with Crippen LogP contribution in [-0.4, -0.2) is 38.0 Å². The Labute approximate surface area is 157 Å². The van der Waals surface area contributed by atoms with Crippen LogP contribution in [0.15, 0.2) is 41.0 Å². The van der Waals surface area contributed by atoms with E-state index in [0.29, 0.717) is 11.3 Å². The molecule has 0 radical (unpaired) electrons. The standard InChI is InChI=1S/C17H20ClNO6S/c1-12(18)17(20)19(11-14-5-4-8-24-14)10-13-6-7-15(23-2)16(9-13)25-26(3,21)22/h4-9,12H,10-11H2,1-3H3/t12-/m1/s1. The fourth-order valence-corrected chi connectivity index (χ4v) is 2.92. The van der Waals surface area contributed by atoms with E-state index < -0.39 is 15.5 Å². The van der Waals surface area contributed by atoms with Crippen molar-refractivity contribution in [2.45, 2.75) is 25.4 Å². The van der Waals surface area contributed by atoms with E-state index in [1.165, 1.54) is 24.3 Å². The average Bonchev–Trinajstić information content (AvgIpc) is 3.05. The van der Waals surface area contributed by atoms with E-state index >= 15 is 0 Å². The second-order valence-electron chi connectivity index (χ2n) is 5.66. The van der Waals surface area contributed by atoms with Gasteiger partial charge in [-0.2, -0.15) is 8.42 Å². The smallest absolute Gasteiger partial charge is 0.306 e. The number of halogens is 1. The number of amides is 1. The molecule has 1 amide bonds. The first kappa shape index (κ1) is 20.1. The van der Waals surface area contributed by atoms with Crippen LogP contribution < -0.4 is 8.92 Å². The van der Waals surface area contributed by atoms with E-state index in [1.807, 2.05) is 0 Å². The molecule has 1 atom stereocenters. The molecule has 1 aromatic heterocycles. The molecule has 0 spiro atoms. The minimum absolute atomic E-state index is 0.0526. The molecule has 7 nitrogen and oxygen atoms in total. The van der Waals surface area contributed by atoms with Gasteiger partial charge >= 0.3 is 10.1 Å². The summed E-state index contributed by atoms with van der Waals surface area (Å²) in [6.45, 7) is 2.02. The fourth-order valence-electron chi connectivity index (χ4n) is 2.32. The van der Waals surface area contributed by atoms with Crippen LogP contribution in [0.2, 0.25) is 0 Å². The van der Waals surface area contributed by atoms with Crippen molar-refractivity contribution >= 4 is 27.6 Å². The Bertz CT molecular complexity index is 848. The van der Waals surface area contributed by atoms with Crippen LogP contribution in [0.25, 0.3) is 0 Å². The molecule has 2 aromatic rings. The summed E-state index contributed by atoms with van der Waals surface area (Å²) in [4.78, 5) is 13.9. The number of carbonyl (C=O) groups excluding carboxylic acids is 1. The maximum atomic E-state index is 12.4. The summed E-state index contributed by atoms with van der Waals surface area (Å²) >= 11 is 5.95. The third-order valence-electron chi connectivity index (χ3n) is 3.42. The molecule has 0 unspecified atom stereocenters. The average molecular weight is 402 g/mol. The molecular weight excluding hydrogens is 382 g/mol. The summed E-state index contributed by atoms with van der Waals surface area (Å²) in [6.07, 6.45) is 2.47. The highest BCUT2D eigenvalue weighted by Gasteiger charge is 2.21. The molecule has 26 heavy (non-hydrogen) atoms. The van der Waals surface area contributed by atoms with Crippen LogP contribution in [0.3, 0.4) is 0 Å². The lowest BCUT2D eigenvalue weighted by molar-refractivity contribution is -0.132. The number of hydrogen-bond acceptors (Lipinski definition) is 6. The van der Waals surface area contributed by atoms with Crippen LogP contribution >= 0.6 is 11.6 Å². The van der Waals surface area contributed by atoms with Crippen molar-refractivity contribution < 1.29 is 26.5 Å². The molecule has 2 rings (SSSR count). The summed E-state index contributed by atoms with van der Waals surface area (Å²) in [5, 5.41) is -0.713. The van der Waals surface area contributed by atoms with Gasteiger partial charge in [0.15, 0.2) is 11.5 Å². The second kappa shape index (κ2) is 8.46. The first-order chi connectivity index (χ1) is 12.2. The van der Waals surface area contributed by atoms with Gasteiger partial charge in [-0.3, -0.25) is 4.79 Å². The first-order valence-electron chi connectivity index (χ1n) is 7.71. The second-order valence-corrected chi connectivity index (χ2v) is 7.89. The lowest BCUT2D eigenvalue weighted by Crippen LogP contribution is -2.34. The van der Waals surface area contributed by atoms with Crippen molar-refractivity contribution in [3.8, 4) is 11.5 Å². The Morgan fingerprint density at radius 2 is 2.00 bits per heavy atom. The fraction of sp³-hybridized carbons (Fsp3) is 0.353. The van der Waals surface area contributed by atoms with Crippen LogP contribution in [0, 0.1) is 0 Å². The number of furan rings is 1. The zero-order valence-electron chi connectivity index (χ0n) is 14.6. The Morgan fingerprint density at radius 3 is 2.54 bits per heavy atom. The minimum atomic E-state index is -3.72. The van der Waals surface area contributed by atoms with Gasteiger partial charge in [0, 0.05) is 6.54 Å². The summed E-state index contributed by atoms with van der Waals surface area (Å²) < 4.78 is 38.3. The van der Waals surface area contributed by atoms with Crippen molar-refractivity contribution in [2.75, 3.05) is 13.4 Å². The van der Waals surface area contributed by atoms with Crippen molar-refractivity contribution in [3.05, 3.63) is 47.9 Å². The van der Waals surface area contributed by atoms with Crippen molar-refractivity contribution in [3.63, 3.8) is 0 Å². The summed E-state index contributed by atoms with van der Waals surface area (Å²) in [5.74, 6) is 0.659. The Balaban J connectivity index is 2.29. The van der Waals surface area contributed by atoms with Crippen molar-refractivity contribution in [1.29, 1.82) is 0 Å². The highest BCUT2D eigenvalue weighted by Crippen LogP contribution is 2.30. The number of hydrogen-bond donors (Lipinski definition) is 0. The Hall–Kier alpha value is -2.19. The predicted molar refractivity (Wildman–Crippen MR) is 96.7 cm³/mol. The first-order valence-corrected chi connectivity index (χ1v) is 9.96. The van der Waals surface area contributed by atoms with Gasteiger partial charge in [-0.05, 0) is 36.8 Å². The van der Waals surface area contributed by atoms with Gasteiger partial charge < -0.3 is 18.2 Å². The molecule has 1 heterocycles. The van der Waals surface area contributed by atoms with Gasteiger partial charge in [-0.15, -0.1) is 11.6 Å². The van der Waals surface area contributed by atoms with Crippen LogP contribution in [0.1, 0.15) is 18.2 Å². The zero-order valence-corrected chi connectivity index (χ0v) is 16.2. The van der Waals surface area contributed by atoms with Gasteiger partial charge in [0.05, 0.1) is 26.2 Å². The van der Waals surface area contributed by atoms with Gasteiger partial charge in [0.1, 0.15) is 11.1 Å². The molecule has 142 valence electrons. The van der Waals surface area contributed by atoms with E-state index in [4.69, 9.17) is 24.9 Å². The van der Waals surface area contributed by atoms with Crippen molar-refractivity contribution in [1.82, 2.24) is 4.90 Å². The monoisotopic (exact) mass is 401 g/mol. The van der Waals surface area contributed by atoms with Gasteiger partial charge in [0.2, 0.25) is 5.91 Å². The molecule has 9 heteroatoms. The SMILES string of the molecule is COc1ccc(CN(Cc2ccco2)C(=O)[C@@H](C)Cl)cc1OS(C)(=O)=O. The van der Waals surface area contributed by atoms with Gasteiger partial charge in [-0.25, -0.2) is 0 Å². The molecule has 1 aromatic carbocycles. The number of rotatable bonds is 8. The normalized spacial score (nSPS) is 12.5. The number of nitrogens with zero attached hydrogens (tertiary/aromatic N) is 1. The van der Waals surface area contributed by atoms with Crippen LogP contribution in [-0.2, 0) is 28.0 Å². The van der Waals surface area contributed by atoms with Crippen LogP contribution in [0.5, 0.6) is 11.5 Å². The number of benzene rings is 1. The zero-order chi connectivity index (χ0) is 19.3. The largest absolute Gasteiger partial charge is 0.493 e. The third kappa shape index (κ3) is 5.67. The minimum Gasteiger partial charge on any atom is -0.493 e. The van der Waals surface area contributed by atoms with Crippen LogP contribution in [0.4, 0.5) is 0 Å². The molecule has 0 N–H and O–H groups in total. The summed E-state index contributed by atoms with van der Waals surface area (Å²) in [6, 6.07) is 8.30. The molecule has 0 fully saturated rings. The molecule has 0 aliphatic rings. The predicted octanol–water partition coefficient (Wildman–Crippen LogP) is 2.78. The van der Waals surface area contributed by atoms with E-state index in [9.17, 15) is 13.2 Å². The number of methoxy groups -OCH3 is 1. The topological polar surface area (TPSA) is 86.0 Å². The number of alkyl halides is 1. The number of ether oxygens (including phenoxy) is 1. The summed E-state index contributed by atoms with van der Waals surface area (Å²) in [5.41, 5.74) is 0.654. The molecular formula is C17H20ClNO6S. The lowest BCUT2D eigenvalue weighted by Gasteiger charge is -2.23. The third-order valence-corrected chi connectivity index (χ3v) is 4.09. The van der Waals surface area contributed by atoms with E-state index in [2.05, 4.69) is 0 Å². The van der Waals surface area contributed by atoms with Gasteiger partial charge in [0.25, 0.3) is 0 Å². The highest BCUT2D eigenvalue weighted by molar-refractivity contribution is 7.86. The Morgan fingerprint density at radius 1 is 1.27 bits per heavy atom. The highest BCUT2D eigenvalue weighted by atomic mass is 35.5. The molecule has 0 bridgehead atoms. The molecule has 0 saturated heterocycles. The van der Waals surface area contributed by atoms with Crippen molar-refractivity contribution in [2.24, 2.45) is 0 Å². The maximum Gasteiger partial charge on any atom is 0.306 e. The molecule has 0 aliphatic heterocycles. The Kier molecular flexibility index (Phi) is 6.55. The summed E-state index contributed by atoms with van der Waals surface area (Å²) in [7, 11) is -2.31. The molecule has 0 aliphatic carbocycles. The molecule has 0 saturated carbocycles. The quantitative estimate of drug-likeness (QED) is 0.499. The van der Waals surface area contributed by atoms with E-state index in [1.54, 1.807) is 31.2 Å². The number of carbonyl (C=O) groups is 1. The van der Waals surface area contributed by atoms with Gasteiger partial charge in [-0.1, -0.05) is 6.07 Å². The maximum absolute atomic E-state index is 12.4. The van der Waals surface area contributed by atoms with E-state index in [-0.39, 0.29) is 30.5 Å².